The fourth-order valence-corrected chi connectivity index (χ4v) is 2.01. The van der Waals surface area contributed by atoms with Gasteiger partial charge in [0.15, 0.2) is 0 Å². The van der Waals surface area contributed by atoms with E-state index in [0.29, 0.717) is 6.61 Å². The van der Waals surface area contributed by atoms with E-state index in [0.717, 1.165) is 18.8 Å². The van der Waals surface area contributed by atoms with E-state index < -0.39 is 0 Å². The minimum atomic E-state index is -0.327. The van der Waals surface area contributed by atoms with Crippen molar-refractivity contribution < 1.29 is 9.53 Å². The number of carbonyl (C=O) groups is 1. The fraction of sp³-hybridized carbons (Fsp3) is 0.929. The molecule has 0 saturated carbocycles. The summed E-state index contributed by atoms with van der Waals surface area (Å²) in [6.45, 7) is 8.88. The van der Waals surface area contributed by atoms with Gasteiger partial charge in [-0.2, -0.15) is 0 Å². The Hall–Kier alpha value is -0.570. The van der Waals surface area contributed by atoms with Gasteiger partial charge in [-0.25, -0.2) is 0 Å². The Morgan fingerprint density at radius 1 is 1.35 bits per heavy atom. The molecule has 17 heavy (non-hydrogen) atoms. The van der Waals surface area contributed by atoms with Crippen molar-refractivity contribution in [3.63, 3.8) is 0 Å². The average molecular weight is 241 g/mol. The molecular weight excluding hydrogens is 214 g/mol. The number of rotatable bonds is 5. The molecule has 1 aliphatic heterocycles. The molecule has 1 heterocycles. The minimum Gasteiger partial charge on any atom is -0.465 e. The Balaban J connectivity index is 2.18. The van der Waals surface area contributed by atoms with Crippen molar-refractivity contribution in [1.29, 1.82) is 0 Å². The first-order chi connectivity index (χ1) is 7.95. The molecule has 100 valence electrons. The number of carbonyl (C=O) groups excluding carboxylic acids is 1. The van der Waals surface area contributed by atoms with Gasteiger partial charge in [0.2, 0.25) is 0 Å². The van der Waals surface area contributed by atoms with Crippen molar-refractivity contribution in [2.45, 2.75) is 46.5 Å². The summed E-state index contributed by atoms with van der Waals surface area (Å²) in [5.74, 6) is 0.691. The lowest BCUT2D eigenvalue weighted by Crippen LogP contribution is -2.31. The Labute approximate surface area is 106 Å². The van der Waals surface area contributed by atoms with Crippen LogP contribution >= 0.6 is 0 Å². The second-order valence-electron chi connectivity index (χ2n) is 5.91. The second-order valence-corrected chi connectivity index (χ2v) is 5.91. The molecule has 0 unspecified atom stereocenters. The van der Waals surface area contributed by atoms with Crippen LogP contribution in [-0.4, -0.2) is 37.6 Å². The Kier molecular flexibility index (Phi) is 5.44. The van der Waals surface area contributed by atoms with E-state index in [2.05, 4.69) is 11.9 Å². The van der Waals surface area contributed by atoms with Gasteiger partial charge in [0.1, 0.15) is 0 Å². The number of hydrogen-bond donors (Lipinski definition) is 0. The lowest BCUT2D eigenvalue weighted by Gasteiger charge is -2.29. The molecule has 1 saturated heterocycles. The number of piperidine rings is 1. The smallest absolute Gasteiger partial charge is 0.311 e. The molecule has 0 spiro atoms. The zero-order valence-electron chi connectivity index (χ0n) is 11.8. The van der Waals surface area contributed by atoms with Crippen LogP contribution in [0.4, 0.5) is 0 Å². The summed E-state index contributed by atoms with van der Waals surface area (Å²) in [7, 11) is 2.17. The van der Waals surface area contributed by atoms with Crippen molar-refractivity contribution in [3.05, 3.63) is 0 Å². The summed E-state index contributed by atoms with van der Waals surface area (Å²) in [6.07, 6.45) is 4.34. The maximum Gasteiger partial charge on any atom is 0.311 e. The van der Waals surface area contributed by atoms with E-state index >= 15 is 0 Å². The average Bonchev–Trinajstić information content (AvgIpc) is 2.31. The number of nitrogens with zero attached hydrogens (tertiary/aromatic N) is 1. The van der Waals surface area contributed by atoms with E-state index in [4.69, 9.17) is 4.74 Å². The largest absolute Gasteiger partial charge is 0.465 e. The molecule has 3 heteroatoms. The number of esters is 1. The van der Waals surface area contributed by atoms with Gasteiger partial charge < -0.3 is 9.64 Å². The van der Waals surface area contributed by atoms with Crippen LogP contribution < -0.4 is 0 Å². The molecule has 0 aromatic carbocycles. The quantitative estimate of drug-likeness (QED) is 0.693. The summed E-state index contributed by atoms with van der Waals surface area (Å²) in [5, 5.41) is 0. The highest BCUT2D eigenvalue weighted by Gasteiger charge is 2.27. The predicted molar refractivity (Wildman–Crippen MR) is 69.9 cm³/mol. The molecule has 0 radical (unpaired) electrons. The third-order valence-electron chi connectivity index (χ3n) is 4.03. The van der Waals surface area contributed by atoms with Gasteiger partial charge >= 0.3 is 5.97 Å². The Morgan fingerprint density at radius 2 is 1.94 bits per heavy atom. The van der Waals surface area contributed by atoms with Gasteiger partial charge in [0.05, 0.1) is 12.0 Å². The molecule has 1 aliphatic rings. The van der Waals surface area contributed by atoms with Crippen molar-refractivity contribution in [1.82, 2.24) is 4.90 Å². The summed E-state index contributed by atoms with van der Waals surface area (Å²) in [4.78, 5) is 14.1. The highest BCUT2D eigenvalue weighted by Crippen LogP contribution is 2.23. The second kappa shape index (κ2) is 6.39. The van der Waals surface area contributed by atoms with E-state index in [-0.39, 0.29) is 11.4 Å². The van der Waals surface area contributed by atoms with Crippen LogP contribution in [0.25, 0.3) is 0 Å². The van der Waals surface area contributed by atoms with Crippen molar-refractivity contribution in [2.24, 2.45) is 11.3 Å². The Morgan fingerprint density at radius 3 is 2.47 bits per heavy atom. The van der Waals surface area contributed by atoms with E-state index in [1.807, 2.05) is 20.8 Å². The van der Waals surface area contributed by atoms with Crippen molar-refractivity contribution >= 4 is 5.97 Å². The van der Waals surface area contributed by atoms with Gasteiger partial charge in [0, 0.05) is 0 Å². The van der Waals surface area contributed by atoms with Gasteiger partial charge in [0.25, 0.3) is 0 Å². The maximum absolute atomic E-state index is 11.8. The summed E-state index contributed by atoms with van der Waals surface area (Å²) in [6, 6.07) is 0. The summed E-state index contributed by atoms with van der Waals surface area (Å²) < 4.78 is 5.37. The van der Waals surface area contributed by atoms with Crippen LogP contribution in [0, 0.1) is 11.3 Å². The topological polar surface area (TPSA) is 29.5 Å². The van der Waals surface area contributed by atoms with E-state index in [1.54, 1.807) is 0 Å². The summed E-state index contributed by atoms with van der Waals surface area (Å²) in [5.41, 5.74) is -0.327. The fourth-order valence-electron chi connectivity index (χ4n) is 2.01. The number of likely N-dealkylation sites (tertiary alicyclic amines) is 1. The minimum absolute atomic E-state index is 0.0482. The molecule has 1 rings (SSSR count). The van der Waals surface area contributed by atoms with Gasteiger partial charge in [-0.05, 0) is 65.6 Å². The van der Waals surface area contributed by atoms with Crippen molar-refractivity contribution in [3.8, 4) is 0 Å². The predicted octanol–water partition coefficient (Wildman–Crippen LogP) is 2.70. The van der Waals surface area contributed by atoms with Crippen molar-refractivity contribution in [2.75, 3.05) is 26.7 Å². The highest BCUT2D eigenvalue weighted by molar-refractivity contribution is 5.75. The first kappa shape index (κ1) is 14.5. The number of hydrogen-bond acceptors (Lipinski definition) is 3. The normalized spacial score (nSPS) is 19.3. The van der Waals surface area contributed by atoms with Crippen LogP contribution in [0.15, 0.2) is 0 Å². The third-order valence-corrected chi connectivity index (χ3v) is 4.03. The highest BCUT2D eigenvalue weighted by atomic mass is 16.5. The van der Waals surface area contributed by atoms with Crippen LogP contribution in [0.1, 0.15) is 46.5 Å². The molecule has 0 N–H and O–H groups in total. The molecule has 0 bridgehead atoms. The molecule has 0 aliphatic carbocycles. The van der Waals surface area contributed by atoms with Gasteiger partial charge in [-0.15, -0.1) is 0 Å². The molecule has 3 nitrogen and oxygen atoms in total. The molecule has 0 amide bonds. The lowest BCUT2D eigenvalue weighted by atomic mass is 9.90. The van der Waals surface area contributed by atoms with Crippen LogP contribution in [-0.2, 0) is 9.53 Å². The van der Waals surface area contributed by atoms with Gasteiger partial charge in [-0.3, -0.25) is 4.79 Å². The summed E-state index contributed by atoms with van der Waals surface area (Å²) >= 11 is 0. The zero-order valence-corrected chi connectivity index (χ0v) is 11.8. The van der Waals surface area contributed by atoms with Gasteiger partial charge in [-0.1, -0.05) is 6.92 Å². The lowest BCUT2D eigenvalue weighted by molar-refractivity contribution is -0.154. The molecule has 1 fully saturated rings. The number of ether oxygens (including phenoxy) is 1. The van der Waals surface area contributed by atoms with E-state index in [1.165, 1.54) is 25.9 Å². The molecular formula is C14H27NO2. The third kappa shape index (κ3) is 4.66. The van der Waals surface area contributed by atoms with Crippen LogP contribution in [0.2, 0.25) is 0 Å². The monoisotopic (exact) mass is 241 g/mol. The standard InChI is InChI=1S/C14H27NO2/c1-5-14(2,3)13(16)17-11-8-12-6-9-15(4)10-7-12/h12H,5-11H2,1-4H3. The molecule has 0 atom stereocenters. The SMILES string of the molecule is CCC(C)(C)C(=O)OCCC1CCN(C)CC1. The first-order valence-electron chi connectivity index (χ1n) is 6.81. The van der Waals surface area contributed by atoms with E-state index in [9.17, 15) is 4.79 Å². The molecule has 0 aromatic heterocycles. The Bertz CT molecular complexity index is 243. The molecule has 0 aromatic rings. The first-order valence-corrected chi connectivity index (χ1v) is 6.81. The van der Waals surface area contributed by atoms with Crippen LogP contribution in [0.5, 0.6) is 0 Å². The maximum atomic E-state index is 11.8. The zero-order chi connectivity index (χ0) is 12.9. The van der Waals surface area contributed by atoms with Crippen LogP contribution in [0.3, 0.4) is 0 Å².